The Kier molecular flexibility index (Phi) is 6.73. The summed E-state index contributed by atoms with van der Waals surface area (Å²) in [5.41, 5.74) is 1.16. The molecule has 1 aromatic carbocycles. The molecule has 0 aromatic heterocycles. The molecule has 5 nitrogen and oxygen atoms in total. The van der Waals surface area contributed by atoms with Crippen LogP contribution in [0.5, 0.6) is 0 Å². The van der Waals surface area contributed by atoms with Crippen molar-refractivity contribution in [2.24, 2.45) is 5.92 Å². The highest BCUT2D eigenvalue weighted by Gasteiger charge is 2.17. The monoisotopic (exact) mass is 279 g/mol. The van der Waals surface area contributed by atoms with Crippen molar-refractivity contribution in [3.05, 3.63) is 35.9 Å². The zero-order valence-electron chi connectivity index (χ0n) is 11.9. The summed E-state index contributed by atoms with van der Waals surface area (Å²) < 4.78 is 5.32. The van der Waals surface area contributed by atoms with Gasteiger partial charge in [0.2, 0.25) is 5.91 Å². The predicted molar refractivity (Wildman–Crippen MR) is 75.4 cm³/mol. The number of carboxylic acid groups (broad SMARTS) is 1. The van der Waals surface area contributed by atoms with E-state index in [1.165, 1.54) is 4.90 Å². The molecule has 0 fully saturated rings. The van der Waals surface area contributed by atoms with Crippen LogP contribution < -0.4 is 0 Å². The Morgan fingerprint density at radius 3 is 2.55 bits per heavy atom. The van der Waals surface area contributed by atoms with Gasteiger partial charge >= 0.3 is 5.97 Å². The van der Waals surface area contributed by atoms with Crippen molar-refractivity contribution in [2.45, 2.75) is 13.3 Å². The first-order chi connectivity index (χ1) is 9.50. The Morgan fingerprint density at radius 2 is 1.95 bits per heavy atom. The number of likely N-dealkylation sites (N-methyl/N-ethyl adjacent to an activating group) is 1. The first-order valence-electron chi connectivity index (χ1n) is 6.59. The first-order valence-corrected chi connectivity index (χ1v) is 6.59. The summed E-state index contributed by atoms with van der Waals surface area (Å²) in [4.78, 5) is 23.8. The maximum atomic E-state index is 11.7. The molecule has 5 heteroatoms. The van der Waals surface area contributed by atoms with E-state index in [1.807, 2.05) is 30.3 Å². The van der Waals surface area contributed by atoms with Crippen molar-refractivity contribution in [1.82, 2.24) is 4.90 Å². The van der Waals surface area contributed by atoms with Crippen LogP contribution in [0.4, 0.5) is 0 Å². The number of carbonyl (C=O) groups is 2. The molecular formula is C15H21NO4. The lowest BCUT2D eigenvalue weighted by Gasteiger charge is -2.19. The molecule has 0 heterocycles. The third kappa shape index (κ3) is 5.84. The van der Waals surface area contributed by atoms with Crippen LogP contribution in [0.2, 0.25) is 0 Å². The minimum absolute atomic E-state index is 0.0182. The third-order valence-electron chi connectivity index (χ3n) is 3.00. The van der Waals surface area contributed by atoms with Gasteiger partial charge in [-0.3, -0.25) is 9.59 Å². The molecule has 1 aromatic rings. The van der Waals surface area contributed by atoms with E-state index in [0.717, 1.165) is 12.0 Å². The SMILES string of the molecule is CC(CN(C)C(=O)COCCc1ccccc1)C(=O)O. The van der Waals surface area contributed by atoms with Gasteiger partial charge in [0, 0.05) is 13.6 Å². The zero-order valence-corrected chi connectivity index (χ0v) is 11.9. The van der Waals surface area contributed by atoms with Gasteiger partial charge in [-0.05, 0) is 12.0 Å². The van der Waals surface area contributed by atoms with E-state index in [4.69, 9.17) is 9.84 Å². The molecule has 0 aliphatic carbocycles. The molecule has 0 bridgehead atoms. The van der Waals surface area contributed by atoms with E-state index in [0.29, 0.717) is 6.61 Å². The van der Waals surface area contributed by atoms with Crippen LogP contribution in [0.1, 0.15) is 12.5 Å². The second kappa shape index (κ2) is 8.32. The maximum absolute atomic E-state index is 11.7. The summed E-state index contributed by atoms with van der Waals surface area (Å²) in [6.45, 7) is 2.21. The van der Waals surface area contributed by atoms with E-state index in [2.05, 4.69) is 0 Å². The van der Waals surface area contributed by atoms with Crippen LogP contribution in [0.3, 0.4) is 0 Å². The smallest absolute Gasteiger partial charge is 0.308 e. The van der Waals surface area contributed by atoms with Gasteiger partial charge in [0.1, 0.15) is 6.61 Å². The molecule has 110 valence electrons. The van der Waals surface area contributed by atoms with Crippen molar-refractivity contribution in [1.29, 1.82) is 0 Å². The first kappa shape index (κ1) is 16.2. The molecule has 0 spiro atoms. The summed E-state index contributed by atoms with van der Waals surface area (Å²) in [6, 6.07) is 9.88. The lowest BCUT2D eigenvalue weighted by Crippen LogP contribution is -2.36. The van der Waals surface area contributed by atoms with Crippen molar-refractivity contribution in [2.75, 3.05) is 26.8 Å². The number of benzene rings is 1. The molecule has 1 unspecified atom stereocenters. The minimum Gasteiger partial charge on any atom is -0.481 e. The number of carboxylic acids is 1. The van der Waals surface area contributed by atoms with Gasteiger partial charge in [-0.25, -0.2) is 0 Å². The Hall–Kier alpha value is -1.88. The van der Waals surface area contributed by atoms with Crippen molar-refractivity contribution in [3.63, 3.8) is 0 Å². The predicted octanol–water partition coefficient (Wildman–Crippen LogP) is 1.42. The number of rotatable bonds is 8. The number of hydrogen-bond donors (Lipinski definition) is 1. The number of amides is 1. The Labute approximate surface area is 119 Å². The van der Waals surface area contributed by atoms with Crippen LogP contribution in [-0.2, 0) is 20.7 Å². The van der Waals surface area contributed by atoms with Crippen molar-refractivity contribution < 1.29 is 19.4 Å². The summed E-state index contributed by atoms with van der Waals surface area (Å²) in [5, 5.41) is 8.78. The summed E-state index contributed by atoms with van der Waals surface area (Å²) in [5.74, 6) is -1.69. The lowest BCUT2D eigenvalue weighted by molar-refractivity contribution is -0.143. The fourth-order valence-electron chi connectivity index (χ4n) is 1.70. The maximum Gasteiger partial charge on any atom is 0.308 e. The molecule has 0 saturated heterocycles. The highest BCUT2D eigenvalue weighted by Crippen LogP contribution is 2.01. The summed E-state index contributed by atoms with van der Waals surface area (Å²) in [7, 11) is 1.59. The average molecular weight is 279 g/mol. The number of hydrogen-bond acceptors (Lipinski definition) is 3. The van der Waals surface area contributed by atoms with E-state index >= 15 is 0 Å². The van der Waals surface area contributed by atoms with Gasteiger partial charge in [-0.15, -0.1) is 0 Å². The third-order valence-corrected chi connectivity index (χ3v) is 3.00. The molecule has 1 atom stereocenters. The number of nitrogens with zero attached hydrogens (tertiary/aromatic N) is 1. The molecule has 0 radical (unpaired) electrons. The van der Waals surface area contributed by atoms with Crippen LogP contribution in [0.25, 0.3) is 0 Å². The number of aliphatic carboxylic acids is 1. The molecule has 1 amide bonds. The fourth-order valence-corrected chi connectivity index (χ4v) is 1.70. The van der Waals surface area contributed by atoms with Crippen LogP contribution in [0, 0.1) is 5.92 Å². The molecule has 20 heavy (non-hydrogen) atoms. The quantitative estimate of drug-likeness (QED) is 0.731. The van der Waals surface area contributed by atoms with E-state index in [1.54, 1.807) is 14.0 Å². The summed E-state index contributed by atoms with van der Waals surface area (Å²) >= 11 is 0. The fraction of sp³-hybridized carbons (Fsp3) is 0.467. The molecule has 1 rings (SSSR count). The highest BCUT2D eigenvalue weighted by atomic mass is 16.5. The van der Waals surface area contributed by atoms with Gasteiger partial charge in [-0.2, -0.15) is 0 Å². The Morgan fingerprint density at radius 1 is 1.30 bits per heavy atom. The highest BCUT2D eigenvalue weighted by molar-refractivity contribution is 5.78. The minimum atomic E-state index is -0.908. The van der Waals surface area contributed by atoms with Gasteiger partial charge in [-0.1, -0.05) is 37.3 Å². The van der Waals surface area contributed by atoms with Gasteiger partial charge in [0.05, 0.1) is 12.5 Å². The number of carbonyl (C=O) groups excluding carboxylic acids is 1. The van der Waals surface area contributed by atoms with Crippen LogP contribution in [0.15, 0.2) is 30.3 Å². The lowest BCUT2D eigenvalue weighted by atomic mass is 10.2. The Balaban J connectivity index is 2.21. The van der Waals surface area contributed by atoms with Crippen LogP contribution in [-0.4, -0.2) is 48.7 Å². The Bertz CT molecular complexity index is 433. The topological polar surface area (TPSA) is 66.8 Å². The van der Waals surface area contributed by atoms with Gasteiger partial charge < -0.3 is 14.7 Å². The van der Waals surface area contributed by atoms with Gasteiger partial charge in [0.25, 0.3) is 0 Å². The van der Waals surface area contributed by atoms with Crippen LogP contribution >= 0.6 is 0 Å². The molecule has 0 aliphatic heterocycles. The molecular weight excluding hydrogens is 258 g/mol. The normalized spacial score (nSPS) is 11.9. The van der Waals surface area contributed by atoms with E-state index in [-0.39, 0.29) is 19.1 Å². The standard InChI is InChI=1S/C15H21NO4/c1-12(15(18)19)10-16(2)14(17)11-20-9-8-13-6-4-3-5-7-13/h3-7,12H,8-11H2,1-2H3,(H,18,19). The van der Waals surface area contributed by atoms with Gasteiger partial charge in [0.15, 0.2) is 0 Å². The molecule has 1 N–H and O–H groups in total. The second-order valence-electron chi connectivity index (χ2n) is 4.80. The van der Waals surface area contributed by atoms with E-state index in [9.17, 15) is 9.59 Å². The van der Waals surface area contributed by atoms with Crippen molar-refractivity contribution >= 4 is 11.9 Å². The molecule has 0 saturated carbocycles. The van der Waals surface area contributed by atoms with Crippen molar-refractivity contribution in [3.8, 4) is 0 Å². The zero-order chi connectivity index (χ0) is 15.0. The molecule has 0 aliphatic rings. The van der Waals surface area contributed by atoms with E-state index < -0.39 is 11.9 Å². The summed E-state index contributed by atoms with van der Waals surface area (Å²) in [6.07, 6.45) is 0.753. The number of ether oxygens (including phenoxy) is 1. The second-order valence-corrected chi connectivity index (χ2v) is 4.80. The average Bonchev–Trinajstić information content (AvgIpc) is 2.44. The largest absolute Gasteiger partial charge is 0.481 e.